The lowest BCUT2D eigenvalue weighted by Crippen LogP contribution is -2.34. The normalized spacial score (nSPS) is 22.4. The number of thioether (sulfide) groups is 1. The molecule has 1 fully saturated rings. The summed E-state index contributed by atoms with van der Waals surface area (Å²) in [6.07, 6.45) is 3.66. The molecule has 0 heterocycles. The van der Waals surface area contributed by atoms with Crippen LogP contribution in [0, 0.1) is 17.1 Å². The van der Waals surface area contributed by atoms with Crippen molar-refractivity contribution in [1.29, 1.82) is 5.26 Å². The zero-order valence-electron chi connectivity index (χ0n) is 11.2. The Morgan fingerprint density at radius 3 is 3.05 bits per heavy atom. The van der Waals surface area contributed by atoms with E-state index in [1.54, 1.807) is 6.07 Å². The fourth-order valence-electron chi connectivity index (χ4n) is 2.59. The monoisotopic (exact) mass is 278 g/mol. The molecule has 0 bridgehead atoms. The first-order valence-electron chi connectivity index (χ1n) is 6.78. The van der Waals surface area contributed by atoms with Crippen molar-refractivity contribution in [2.24, 2.45) is 0 Å². The Labute approximate surface area is 118 Å². The van der Waals surface area contributed by atoms with Crippen LogP contribution in [0.15, 0.2) is 18.2 Å². The SMILES string of the molecule is CCSC1CCCC1NCc1cc(C#N)ccc1F. The molecule has 4 heteroatoms. The Hall–Kier alpha value is -1.05. The van der Waals surface area contributed by atoms with Gasteiger partial charge in [-0.25, -0.2) is 4.39 Å². The van der Waals surface area contributed by atoms with E-state index in [0.29, 0.717) is 29.0 Å². The average molecular weight is 278 g/mol. The van der Waals surface area contributed by atoms with Crippen molar-refractivity contribution in [1.82, 2.24) is 5.32 Å². The maximum atomic E-state index is 13.7. The molecular weight excluding hydrogens is 259 g/mol. The molecule has 0 aliphatic heterocycles. The lowest BCUT2D eigenvalue weighted by Gasteiger charge is -2.20. The molecular formula is C15H19FN2S. The molecule has 19 heavy (non-hydrogen) atoms. The highest BCUT2D eigenvalue weighted by atomic mass is 32.2. The number of benzene rings is 1. The lowest BCUT2D eigenvalue weighted by atomic mass is 10.1. The van der Waals surface area contributed by atoms with Crippen LogP contribution < -0.4 is 5.32 Å². The zero-order chi connectivity index (χ0) is 13.7. The topological polar surface area (TPSA) is 35.8 Å². The first-order chi connectivity index (χ1) is 9.24. The fraction of sp³-hybridized carbons (Fsp3) is 0.533. The van der Waals surface area contributed by atoms with Crippen molar-refractivity contribution in [3.63, 3.8) is 0 Å². The number of hydrogen-bond donors (Lipinski definition) is 1. The van der Waals surface area contributed by atoms with Crippen molar-refractivity contribution >= 4 is 11.8 Å². The fourth-order valence-corrected chi connectivity index (χ4v) is 3.82. The van der Waals surface area contributed by atoms with E-state index in [1.807, 2.05) is 11.8 Å². The van der Waals surface area contributed by atoms with Crippen LogP contribution in [0.2, 0.25) is 0 Å². The number of halogens is 1. The molecule has 1 saturated carbocycles. The Kier molecular flexibility index (Phi) is 5.24. The third kappa shape index (κ3) is 3.71. The summed E-state index contributed by atoms with van der Waals surface area (Å²) >= 11 is 1.99. The molecule has 0 radical (unpaired) electrons. The van der Waals surface area contributed by atoms with E-state index >= 15 is 0 Å². The Bertz CT molecular complexity index is 470. The zero-order valence-corrected chi connectivity index (χ0v) is 12.0. The summed E-state index contributed by atoms with van der Waals surface area (Å²) in [6, 6.07) is 7.05. The standard InChI is InChI=1S/C15H19FN2S/c1-2-19-15-5-3-4-14(15)18-10-12-8-11(9-17)6-7-13(12)16/h6-8,14-15,18H,2-5,10H2,1H3. The van der Waals surface area contributed by atoms with Gasteiger partial charge in [-0.2, -0.15) is 17.0 Å². The molecule has 0 spiro atoms. The molecule has 102 valence electrons. The minimum Gasteiger partial charge on any atom is -0.309 e. The van der Waals surface area contributed by atoms with Crippen molar-refractivity contribution in [3.05, 3.63) is 35.1 Å². The summed E-state index contributed by atoms with van der Waals surface area (Å²) in [5, 5.41) is 12.9. The van der Waals surface area contributed by atoms with Gasteiger partial charge in [0, 0.05) is 23.4 Å². The van der Waals surface area contributed by atoms with Crippen LogP contribution in [0.5, 0.6) is 0 Å². The van der Waals surface area contributed by atoms with Crippen LogP contribution >= 0.6 is 11.8 Å². The Balaban J connectivity index is 1.96. The molecule has 1 N–H and O–H groups in total. The molecule has 2 atom stereocenters. The lowest BCUT2D eigenvalue weighted by molar-refractivity contribution is 0.515. The Morgan fingerprint density at radius 2 is 2.32 bits per heavy atom. The first-order valence-corrected chi connectivity index (χ1v) is 7.83. The van der Waals surface area contributed by atoms with E-state index < -0.39 is 0 Å². The maximum Gasteiger partial charge on any atom is 0.127 e. The van der Waals surface area contributed by atoms with Crippen LogP contribution in [0.4, 0.5) is 4.39 Å². The molecule has 1 aliphatic carbocycles. The summed E-state index contributed by atoms with van der Waals surface area (Å²) in [7, 11) is 0. The molecule has 2 nitrogen and oxygen atoms in total. The van der Waals surface area contributed by atoms with Gasteiger partial charge in [-0.1, -0.05) is 13.3 Å². The summed E-state index contributed by atoms with van der Waals surface area (Å²) in [4.78, 5) is 0. The van der Waals surface area contributed by atoms with Gasteiger partial charge in [-0.3, -0.25) is 0 Å². The molecule has 2 rings (SSSR count). The molecule has 0 saturated heterocycles. The molecule has 1 aromatic rings. The highest BCUT2D eigenvalue weighted by molar-refractivity contribution is 7.99. The molecule has 0 aromatic heterocycles. The quantitative estimate of drug-likeness (QED) is 0.896. The highest BCUT2D eigenvalue weighted by Gasteiger charge is 2.26. The predicted octanol–water partition coefficient (Wildman–Crippen LogP) is 3.46. The van der Waals surface area contributed by atoms with Crippen molar-refractivity contribution in [3.8, 4) is 6.07 Å². The molecule has 0 amide bonds. The third-order valence-corrected chi connectivity index (χ3v) is 4.89. The summed E-state index contributed by atoms with van der Waals surface area (Å²) in [5.41, 5.74) is 1.11. The second-order valence-corrected chi connectivity index (χ2v) is 6.35. The molecule has 2 unspecified atom stereocenters. The molecule has 1 aliphatic rings. The largest absolute Gasteiger partial charge is 0.309 e. The summed E-state index contributed by atoms with van der Waals surface area (Å²) < 4.78 is 13.7. The predicted molar refractivity (Wildman–Crippen MR) is 77.5 cm³/mol. The van der Waals surface area contributed by atoms with Crippen molar-refractivity contribution in [2.45, 2.75) is 44.0 Å². The highest BCUT2D eigenvalue weighted by Crippen LogP contribution is 2.30. The van der Waals surface area contributed by atoms with Crippen molar-refractivity contribution < 1.29 is 4.39 Å². The van der Waals surface area contributed by atoms with Gasteiger partial charge in [0.25, 0.3) is 0 Å². The van der Waals surface area contributed by atoms with Crippen LogP contribution in [-0.2, 0) is 6.54 Å². The average Bonchev–Trinajstić information content (AvgIpc) is 2.86. The minimum atomic E-state index is -0.232. The third-order valence-electron chi connectivity index (χ3n) is 3.56. The smallest absolute Gasteiger partial charge is 0.127 e. The van der Waals surface area contributed by atoms with Gasteiger partial charge < -0.3 is 5.32 Å². The van der Waals surface area contributed by atoms with E-state index in [2.05, 4.69) is 18.3 Å². The van der Waals surface area contributed by atoms with E-state index in [9.17, 15) is 4.39 Å². The van der Waals surface area contributed by atoms with Crippen molar-refractivity contribution in [2.75, 3.05) is 5.75 Å². The van der Waals surface area contributed by atoms with Gasteiger partial charge in [-0.15, -0.1) is 0 Å². The first kappa shape index (κ1) is 14.4. The minimum absolute atomic E-state index is 0.232. The second-order valence-electron chi connectivity index (χ2n) is 4.83. The maximum absolute atomic E-state index is 13.7. The van der Waals surface area contributed by atoms with Gasteiger partial charge >= 0.3 is 0 Å². The van der Waals surface area contributed by atoms with Gasteiger partial charge in [-0.05, 0) is 36.8 Å². The van der Waals surface area contributed by atoms with Gasteiger partial charge in [0.1, 0.15) is 5.82 Å². The van der Waals surface area contributed by atoms with E-state index in [1.165, 1.54) is 25.0 Å². The van der Waals surface area contributed by atoms with Gasteiger partial charge in [0.2, 0.25) is 0 Å². The van der Waals surface area contributed by atoms with Crippen LogP contribution in [0.3, 0.4) is 0 Å². The number of nitriles is 1. The Morgan fingerprint density at radius 1 is 1.47 bits per heavy atom. The van der Waals surface area contributed by atoms with Crippen LogP contribution in [-0.4, -0.2) is 17.0 Å². The van der Waals surface area contributed by atoms with Crippen LogP contribution in [0.1, 0.15) is 37.3 Å². The van der Waals surface area contributed by atoms with Gasteiger partial charge in [0.05, 0.1) is 11.6 Å². The number of hydrogen-bond acceptors (Lipinski definition) is 3. The second kappa shape index (κ2) is 6.93. The number of rotatable bonds is 5. The summed E-state index contributed by atoms with van der Waals surface area (Å²) in [6.45, 7) is 2.68. The van der Waals surface area contributed by atoms with E-state index in [0.717, 1.165) is 12.2 Å². The number of nitrogens with zero attached hydrogens (tertiary/aromatic N) is 1. The number of nitrogens with one attached hydrogen (secondary N) is 1. The van der Waals surface area contributed by atoms with Crippen LogP contribution in [0.25, 0.3) is 0 Å². The van der Waals surface area contributed by atoms with E-state index in [-0.39, 0.29) is 5.82 Å². The summed E-state index contributed by atoms with van der Waals surface area (Å²) in [5.74, 6) is 0.894. The van der Waals surface area contributed by atoms with E-state index in [4.69, 9.17) is 5.26 Å². The van der Waals surface area contributed by atoms with Gasteiger partial charge in [0.15, 0.2) is 0 Å². The molecule has 1 aromatic carbocycles.